The molecule has 0 unspecified atom stereocenters. The first kappa shape index (κ1) is 19.9. The molecular formula is C20H26O4S. The Labute approximate surface area is 154 Å². The van der Waals surface area contributed by atoms with Gasteiger partial charge in [-0.15, -0.1) is 0 Å². The Bertz CT molecular complexity index is 567. The number of rotatable bonds is 10. The van der Waals surface area contributed by atoms with E-state index in [9.17, 15) is 0 Å². The topological polar surface area (TPSA) is 36.9 Å². The van der Waals surface area contributed by atoms with Crippen LogP contribution in [-0.4, -0.2) is 28.4 Å². The van der Waals surface area contributed by atoms with Gasteiger partial charge in [0.05, 0.1) is 26.4 Å². The third-order valence-corrected chi connectivity index (χ3v) is 5.22. The second-order valence-electron chi connectivity index (χ2n) is 5.64. The van der Waals surface area contributed by atoms with Gasteiger partial charge in [0, 0.05) is 38.2 Å². The van der Waals surface area contributed by atoms with E-state index in [0.717, 1.165) is 22.3 Å². The van der Waals surface area contributed by atoms with Gasteiger partial charge in [-0.25, -0.2) is 0 Å². The van der Waals surface area contributed by atoms with Crippen molar-refractivity contribution in [1.82, 2.24) is 0 Å². The summed E-state index contributed by atoms with van der Waals surface area (Å²) in [6.45, 7) is 2.25. The van der Waals surface area contributed by atoms with Crippen molar-refractivity contribution in [3.63, 3.8) is 0 Å². The van der Waals surface area contributed by atoms with Crippen LogP contribution in [0, 0.1) is 0 Å². The first-order chi connectivity index (χ1) is 12.2. The van der Waals surface area contributed by atoms with E-state index < -0.39 is 0 Å². The van der Waals surface area contributed by atoms with Gasteiger partial charge in [-0.2, -0.15) is 0 Å². The Balaban J connectivity index is 2.50. The van der Waals surface area contributed by atoms with Crippen LogP contribution in [0.25, 0.3) is 0 Å². The van der Waals surface area contributed by atoms with Gasteiger partial charge in [-0.05, 0) is 22.3 Å². The van der Waals surface area contributed by atoms with Crippen molar-refractivity contribution in [2.24, 2.45) is 0 Å². The predicted octanol–water partition coefficient (Wildman–Crippen LogP) is 4.42. The minimum atomic E-state index is 0.561. The molecule has 0 fully saturated rings. The first-order valence-electron chi connectivity index (χ1n) is 8.10. The predicted molar refractivity (Wildman–Crippen MR) is 99.9 cm³/mol. The molecule has 0 saturated heterocycles. The Morgan fingerprint density at radius 3 is 1.08 bits per heavy atom. The summed E-state index contributed by atoms with van der Waals surface area (Å²) in [5.41, 5.74) is 4.60. The van der Waals surface area contributed by atoms with Gasteiger partial charge in [0.2, 0.25) is 0 Å². The zero-order valence-electron chi connectivity index (χ0n) is 15.3. The second-order valence-corrected chi connectivity index (χ2v) is 6.67. The van der Waals surface area contributed by atoms with Gasteiger partial charge in [-0.1, -0.05) is 48.2 Å². The smallest absolute Gasteiger partial charge is 0.0724 e. The summed E-state index contributed by atoms with van der Waals surface area (Å²) in [5.74, 6) is 0. The third kappa shape index (κ3) is 5.30. The molecule has 0 atom stereocenters. The average molecular weight is 362 g/mol. The molecule has 136 valence electrons. The van der Waals surface area contributed by atoms with Crippen molar-refractivity contribution in [2.45, 2.75) is 36.2 Å². The molecule has 0 aliphatic heterocycles. The van der Waals surface area contributed by atoms with E-state index in [1.54, 1.807) is 40.2 Å². The van der Waals surface area contributed by atoms with E-state index in [0.29, 0.717) is 26.4 Å². The minimum absolute atomic E-state index is 0.561. The van der Waals surface area contributed by atoms with Crippen LogP contribution in [-0.2, 0) is 45.4 Å². The number of hydrogen-bond donors (Lipinski definition) is 0. The van der Waals surface area contributed by atoms with Crippen LogP contribution in [0.3, 0.4) is 0 Å². The number of methoxy groups -OCH3 is 4. The zero-order valence-corrected chi connectivity index (χ0v) is 16.2. The molecule has 25 heavy (non-hydrogen) atoms. The lowest BCUT2D eigenvalue weighted by atomic mass is 10.1. The van der Waals surface area contributed by atoms with E-state index >= 15 is 0 Å². The molecule has 2 aromatic carbocycles. The molecule has 2 aromatic rings. The van der Waals surface area contributed by atoms with E-state index in [4.69, 9.17) is 18.9 Å². The molecular weight excluding hydrogens is 336 g/mol. The highest BCUT2D eigenvalue weighted by molar-refractivity contribution is 7.99. The summed E-state index contributed by atoms with van der Waals surface area (Å²) in [7, 11) is 6.86. The molecule has 0 radical (unpaired) electrons. The fourth-order valence-electron chi connectivity index (χ4n) is 2.72. The molecule has 0 amide bonds. The molecule has 0 aliphatic rings. The molecule has 0 spiro atoms. The second kappa shape index (κ2) is 10.6. The lowest BCUT2D eigenvalue weighted by molar-refractivity contribution is 0.175. The van der Waals surface area contributed by atoms with Crippen molar-refractivity contribution >= 4 is 11.8 Å². The maximum atomic E-state index is 5.39. The zero-order chi connectivity index (χ0) is 18.1. The van der Waals surface area contributed by atoms with Crippen molar-refractivity contribution in [2.75, 3.05) is 28.4 Å². The van der Waals surface area contributed by atoms with Gasteiger partial charge in [0.25, 0.3) is 0 Å². The SMILES string of the molecule is COCc1cccc(COC)c1Sc1c(COC)cccc1COC. The summed E-state index contributed by atoms with van der Waals surface area (Å²) in [6, 6.07) is 12.5. The highest BCUT2D eigenvalue weighted by Crippen LogP contribution is 2.38. The lowest BCUT2D eigenvalue weighted by Gasteiger charge is -2.18. The summed E-state index contributed by atoms with van der Waals surface area (Å²) in [6.07, 6.45) is 0. The highest BCUT2D eigenvalue weighted by atomic mass is 32.2. The molecule has 0 heterocycles. The number of benzene rings is 2. The Morgan fingerprint density at radius 2 is 0.840 bits per heavy atom. The molecule has 0 N–H and O–H groups in total. The number of hydrogen-bond acceptors (Lipinski definition) is 5. The lowest BCUT2D eigenvalue weighted by Crippen LogP contribution is -2.01. The quantitative estimate of drug-likeness (QED) is 0.625. The average Bonchev–Trinajstić information content (AvgIpc) is 2.61. The Kier molecular flexibility index (Phi) is 8.44. The van der Waals surface area contributed by atoms with Crippen LogP contribution in [0.2, 0.25) is 0 Å². The summed E-state index contributed by atoms with van der Waals surface area (Å²) < 4.78 is 21.6. The largest absolute Gasteiger partial charge is 0.380 e. The van der Waals surface area contributed by atoms with Crippen LogP contribution in [0.1, 0.15) is 22.3 Å². The molecule has 5 heteroatoms. The fraction of sp³-hybridized carbons (Fsp3) is 0.400. The van der Waals surface area contributed by atoms with Crippen LogP contribution >= 0.6 is 11.8 Å². The first-order valence-corrected chi connectivity index (χ1v) is 8.91. The van der Waals surface area contributed by atoms with Crippen molar-refractivity contribution in [3.05, 3.63) is 58.7 Å². The fourth-order valence-corrected chi connectivity index (χ4v) is 3.95. The molecule has 4 nitrogen and oxygen atoms in total. The van der Waals surface area contributed by atoms with Crippen molar-refractivity contribution in [3.8, 4) is 0 Å². The molecule has 2 rings (SSSR count). The van der Waals surface area contributed by atoms with Crippen LogP contribution < -0.4 is 0 Å². The van der Waals surface area contributed by atoms with E-state index in [1.165, 1.54) is 9.79 Å². The highest BCUT2D eigenvalue weighted by Gasteiger charge is 2.15. The summed E-state index contributed by atoms with van der Waals surface area (Å²) >= 11 is 1.73. The monoisotopic (exact) mass is 362 g/mol. The van der Waals surface area contributed by atoms with Crippen molar-refractivity contribution in [1.29, 1.82) is 0 Å². The Morgan fingerprint density at radius 1 is 0.560 bits per heavy atom. The molecule has 0 aromatic heterocycles. The van der Waals surface area contributed by atoms with Crippen LogP contribution in [0.4, 0.5) is 0 Å². The van der Waals surface area contributed by atoms with Gasteiger partial charge in [0.1, 0.15) is 0 Å². The maximum Gasteiger partial charge on any atom is 0.0724 e. The number of ether oxygens (including phenoxy) is 4. The van der Waals surface area contributed by atoms with E-state index in [1.807, 2.05) is 12.1 Å². The Hall–Kier alpha value is -1.37. The van der Waals surface area contributed by atoms with E-state index in [2.05, 4.69) is 24.3 Å². The normalized spacial score (nSPS) is 11.0. The maximum absolute atomic E-state index is 5.39. The van der Waals surface area contributed by atoms with Gasteiger partial charge in [-0.3, -0.25) is 0 Å². The van der Waals surface area contributed by atoms with Crippen molar-refractivity contribution < 1.29 is 18.9 Å². The molecule has 0 saturated carbocycles. The van der Waals surface area contributed by atoms with Crippen LogP contribution in [0.15, 0.2) is 46.2 Å². The van der Waals surface area contributed by atoms with Crippen LogP contribution in [0.5, 0.6) is 0 Å². The van der Waals surface area contributed by atoms with Gasteiger partial charge < -0.3 is 18.9 Å². The molecule has 0 bridgehead atoms. The summed E-state index contributed by atoms with van der Waals surface area (Å²) in [4.78, 5) is 2.35. The summed E-state index contributed by atoms with van der Waals surface area (Å²) in [5, 5.41) is 0. The third-order valence-electron chi connectivity index (χ3n) is 3.76. The minimum Gasteiger partial charge on any atom is -0.380 e. The van der Waals surface area contributed by atoms with Gasteiger partial charge in [0.15, 0.2) is 0 Å². The van der Waals surface area contributed by atoms with Gasteiger partial charge >= 0.3 is 0 Å². The molecule has 0 aliphatic carbocycles. The van der Waals surface area contributed by atoms with E-state index in [-0.39, 0.29) is 0 Å². The standard InChI is InChI=1S/C20H26O4S/c1-21-11-15-7-5-8-16(12-22-2)19(15)25-20-17(13-23-3)9-6-10-18(20)14-24-4/h5-10H,11-14H2,1-4H3.